The molecule has 0 aliphatic carbocycles. The lowest BCUT2D eigenvalue weighted by atomic mass is 9.87. The molecule has 0 radical (unpaired) electrons. The van der Waals surface area contributed by atoms with Crippen molar-refractivity contribution in [3.05, 3.63) is 52.7 Å². The van der Waals surface area contributed by atoms with Gasteiger partial charge in [0.25, 0.3) is 0 Å². The quantitative estimate of drug-likeness (QED) is 0.244. The van der Waals surface area contributed by atoms with Gasteiger partial charge in [0, 0.05) is 42.4 Å². The molecule has 3 rings (SSSR count). The average molecular weight is 504 g/mol. The number of benzene rings is 1. The molecule has 37 heavy (non-hydrogen) atoms. The molecule has 1 saturated heterocycles. The van der Waals surface area contributed by atoms with Gasteiger partial charge in [0.15, 0.2) is 0 Å². The summed E-state index contributed by atoms with van der Waals surface area (Å²) in [5.41, 5.74) is 8.48. The Morgan fingerprint density at radius 3 is 2.51 bits per heavy atom. The minimum atomic E-state index is 0.233. The third-order valence-corrected chi connectivity index (χ3v) is 7.30. The zero-order valence-corrected chi connectivity index (χ0v) is 24.1. The normalized spacial score (nSPS) is 16.7. The third-order valence-electron chi connectivity index (χ3n) is 7.30. The van der Waals surface area contributed by atoms with Crippen molar-refractivity contribution in [2.45, 2.75) is 65.7 Å². The number of nitrogens with zero attached hydrogens (tertiary/aromatic N) is 4. The van der Waals surface area contributed by atoms with Crippen molar-refractivity contribution in [3.8, 4) is 0 Å². The average Bonchev–Trinajstić information content (AvgIpc) is 3.26. The zero-order valence-electron chi connectivity index (χ0n) is 24.1. The molecular weight excluding hydrogens is 458 g/mol. The smallest absolute Gasteiger partial charge is 0.236 e. The van der Waals surface area contributed by atoms with Gasteiger partial charge in [-0.1, -0.05) is 32.9 Å². The predicted molar refractivity (Wildman–Crippen MR) is 159 cm³/mol. The minimum Gasteiger partial charge on any atom is -0.354 e. The molecule has 2 heterocycles. The first-order chi connectivity index (χ1) is 17.7. The van der Waals surface area contributed by atoms with E-state index >= 15 is 0 Å². The fourth-order valence-corrected chi connectivity index (χ4v) is 5.36. The Morgan fingerprint density at radius 1 is 1.24 bits per heavy atom. The van der Waals surface area contributed by atoms with Gasteiger partial charge in [-0.3, -0.25) is 9.79 Å². The topological polar surface area (TPSA) is 64.1 Å². The molecule has 1 aliphatic heterocycles. The minimum absolute atomic E-state index is 0.233. The summed E-state index contributed by atoms with van der Waals surface area (Å²) >= 11 is 0. The summed E-state index contributed by atoms with van der Waals surface area (Å²) in [4.78, 5) is 28.7. The van der Waals surface area contributed by atoms with E-state index in [0.717, 1.165) is 43.6 Å². The van der Waals surface area contributed by atoms with Gasteiger partial charge in [0.05, 0.1) is 6.54 Å². The van der Waals surface area contributed by atoms with E-state index in [1.165, 1.54) is 33.3 Å². The van der Waals surface area contributed by atoms with Gasteiger partial charge in [-0.15, -0.1) is 0 Å². The molecule has 200 valence electrons. The number of aliphatic imine (C=N–C) groups is 2. The van der Waals surface area contributed by atoms with Crippen LogP contribution < -0.4 is 0 Å². The molecule has 0 spiro atoms. The number of aromatic amines is 1. The molecule has 1 fully saturated rings. The van der Waals surface area contributed by atoms with Crippen molar-refractivity contribution in [1.82, 2.24) is 14.8 Å². The number of fused-ring (bicyclic) bond motifs is 1. The third kappa shape index (κ3) is 6.86. The fourth-order valence-electron chi connectivity index (χ4n) is 5.36. The number of carbonyl (C=O) groups excluding carboxylic acids is 1. The summed E-state index contributed by atoms with van der Waals surface area (Å²) < 4.78 is 0. The second-order valence-corrected chi connectivity index (χ2v) is 10.6. The predicted octanol–water partition coefficient (Wildman–Crippen LogP) is 6.42. The zero-order chi connectivity index (χ0) is 27.1. The molecule has 1 amide bonds. The van der Waals surface area contributed by atoms with Crippen LogP contribution in [0.5, 0.6) is 0 Å². The molecule has 1 aromatic heterocycles. The molecule has 1 aliphatic rings. The highest BCUT2D eigenvalue weighted by Crippen LogP contribution is 2.37. The highest BCUT2D eigenvalue weighted by molar-refractivity contribution is 6.05. The molecule has 6 heteroatoms. The summed E-state index contributed by atoms with van der Waals surface area (Å²) in [5, 5.41) is 1.31. The first-order valence-corrected chi connectivity index (χ1v) is 13.6. The van der Waals surface area contributed by atoms with Crippen LogP contribution in [0.2, 0.25) is 0 Å². The number of aromatic nitrogens is 1. The summed E-state index contributed by atoms with van der Waals surface area (Å²) in [7, 11) is 5.64. The van der Waals surface area contributed by atoms with Crippen LogP contribution in [0.3, 0.4) is 0 Å². The highest BCUT2D eigenvalue weighted by atomic mass is 16.2. The summed E-state index contributed by atoms with van der Waals surface area (Å²) in [6, 6.07) is 6.91. The Bertz CT molecular complexity index is 1200. The number of hydrogen-bond donors (Lipinski definition) is 1. The standard InChI is InChI=1S/C31H45N5O/c1-9-23(17-22(5)27(10-2)33-20-32-6)31-30(21(3)4)26-18-25(11-12-28(26)34-31)24-13-15-36(16-14-24)29(37)19-35(7)8/h9,11-12,17-18,20-21,24,34H,10,13-16,19H2,1-8H3/b22-17-,23-9+,32-20?,33-27?. The van der Waals surface area contributed by atoms with E-state index in [1.807, 2.05) is 23.9 Å². The van der Waals surface area contributed by atoms with Crippen molar-refractivity contribution in [1.29, 1.82) is 0 Å². The molecule has 6 nitrogen and oxygen atoms in total. The number of likely N-dealkylation sites (N-methyl/N-ethyl adjacent to an activating group) is 1. The number of amides is 1. The molecule has 0 bridgehead atoms. The molecule has 0 atom stereocenters. The fraction of sp³-hybridized carbons (Fsp3) is 0.516. The van der Waals surface area contributed by atoms with E-state index in [9.17, 15) is 4.79 Å². The van der Waals surface area contributed by atoms with Crippen LogP contribution in [0.15, 0.2) is 45.9 Å². The Hall–Kier alpha value is -2.99. The van der Waals surface area contributed by atoms with Crippen LogP contribution in [-0.4, -0.2) is 73.5 Å². The SMILES string of the molecule is C/C=C(\C=C(\C)C(CC)=NC=NC)c1[nH]c2ccc(C3CCN(C(=O)CN(C)C)CC3)cc2c1C(C)C. The van der Waals surface area contributed by atoms with Crippen LogP contribution in [0.1, 0.15) is 82.5 Å². The van der Waals surface area contributed by atoms with Gasteiger partial charge in [-0.25, -0.2) is 4.99 Å². The van der Waals surface area contributed by atoms with Gasteiger partial charge >= 0.3 is 0 Å². The first kappa shape index (κ1) is 28.6. The second-order valence-electron chi connectivity index (χ2n) is 10.6. The van der Waals surface area contributed by atoms with Gasteiger partial charge in [0.1, 0.15) is 6.34 Å². The number of rotatable bonds is 9. The van der Waals surface area contributed by atoms with Crippen molar-refractivity contribution < 1.29 is 4.79 Å². The number of piperidine rings is 1. The van der Waals surface area contributed by atoms with E-state index in [4.69, 9.17) is 0 Å². The highest BCUT2D eigenvalue weighted by Gasteiger charge is 2.25. The van der Waals surface area contributed by atoms with Crippen LogP contribution in [0.4, 0.5) is 0 Å². The van der Waals surface area contributed by atoms with Crippen LogP contribution in [0, 0.1) is 0 Å². The lowest BCUT2D eigenvalue weighted by molar-refractivity contribution is -0.132. The molecule has 0 unspecified atom stereocenters. The summed E-state index contributed by atoms with van der Waals surface area (Å²) in [6.45, 7) is 13.1. The van der Waals surface area contributed by atoms with Gasteiger partial charge in [-0.05, 0) is 99.5 Å². The molecule has 2 aromatic rings. The lowest BCUT2D eigenvalue weighted by Crippen LogP contribution is -2.42. The van der Waals surface area contributed by atoms with Crippen molar-refractivity contribution in [2.75, 3.05) is 40.8 Å². The van der Waals surface area contributed by atoms with E-state index in [1.54, 1.807) is 13.4 Å². The van der Waals surface area contributed by atoms with Gasteiger partial charge in [0.2, 0.25) is 5.91 Å². The van der Waals surface area contributed by atoms with Gasteiger partial charge < -0.3 is 14.8 Å². The first-order valence-electron chi connectivity index (χ1n) is 13.6. The number of nitrogens with one attached hydrogen (secondary N) is 1. The second kappa shape index (κ2) is 13.0. The largest absolute Gasteiger partial charge is 0.354 e. The maximum atomic E-state index is 12.5. The van der Waals surface area contributed by atoms with Crippen molar-refractivity contribution in [3.63, 3.8) is 0 Å². The van der Waals surface area contributed by atoms with E-state index < -0.39 is 0 Å². The maximum Gasteiger partial charge on any atom is 0.236 e. The molecule has 0 saturated carbocycles. The van der Waals surface area contributed by atoms with Crippen LogP contribution in [-0.2, 0) is 4.79 Å². The van der Waals surface area contributed by atoms with Crippen LogP contribution >= 0.6 is 0 Å². The molecule has 1 aromatic carbocycles. The number of hydrogen-bond acceptors (Lipinski definition) is 3. The number of carbonyl (C=O) groups is 1. The number of allylic oxidation sites excluding steroid dienone is 4. The van der Waals surface area contributed by atoms with Gasteiger partial charge in [-0.2, -0.15) is 0 Å². The Balaban J connectivity index is 1.92. The monoisotopic (exact) mass is 503 g/mol. The van der Waals surface area contributed by atoms with E-state index in [0.29, 0.717) is 18.4 Å². The number of H-pyrrole nitrogens is 1. The van der Waals surface area contributed by atoms with Crippen molar-refractivity contribution in [2.24, 2.45) is 9.98 Å². The summed E-state index contributed by atoms with van der Waals surface area (Å²) in [5.74, 6) is 1.09. The van der Waals surface area contributed by atoms with Crippen molar-refractivity contribution >= 4 is 34.4 Å². The maximum absolute atomic E-state index is 12.5. The Morgan fingerprint density at radius 2 is 1.95 bits per heavy atom. The van der Waals surface area contributed by atoms with E-state index in [2.05, 4.69) is 79.9 Å². The number of likely N-dealkylation sites (tertiary alicyclic amines) is 1. The lowest BCUT2D eigenvalue weighted by Gasteiger charge is -2.33. The Kier molecular flexibility index (Phi) is 10.0. The van der Waals surface area contributed by atoms with Crippen LogP contribution in [0.25, 0.3) is 16.5 Å². The molecular formula is C31H45N5O. The summed E-state index contributed by atoms with van der Waals surface area (Å²) in [6.07, 6.45) is 8.94. The van der Waals surface area contributed by atoms with E-state index in [-0.39, 0.29) is 5.91 Å². The molecule has 1 N–H and O–H groups in total. The Labute approximate surface area is 223 Å².